The minimum Gasteiger partial charge on any atom is -0.399 e. The lowest BCUT2D eigenvalue weighted by Crippen LogP contribution is -2.30. The first-order chi connectivity index (χ1) is 9.19. The smallest absolute Gasteiger partial charge is 0.283 e. The number of pyridine rings is 1. The third-order valence-corrected chi connectivity index (χ3v) is 3.44. The summed E-state index contributed by atoms with van der Waals surface area (Å²) in [7, 11) is 0. The molecular weight excluding hydrogens is 260 g/mol. The first-order valence-corrected chi connectivity index (χ1v) is 6.63. The van der Waals surface area contributed by atoms with E-state index >= 15 is 0 Å². The molecule has 5 N–H and O–H groups in total. The molecule has 1 aromatic carbocycles. The van der Waals surface area contributed by atoms with E-state index < -0.39 is 5.91 Å². The highest BCUT2D eigenvalue weighted by Crippen LogP contribution is 2.23. The van der Waals surface area contributed by atoms with Gasteiger partial charge in [0.05, 0.1) is 5.69 Å². The van der Waals surface area contributed by atoms with Gasteiger partial charge in [0.15, 0.2) is 0 Å². The molecule has 0 atom stereocenters. The molecule has 0 aliphatic heterocycles. The second-order valence-electron chi connectivity index (χ2n) is 3.85. The first-order valence-electron chi connectivity index (χ1n) is 5.64. The predicted octanol–water partition coefficient (Wildman–Crippen LogP) is 1.56. The van der Waals surface area contributed by atoms with Gasteiger partial charge in [-0.1, -0.05) is 12.1 Å². The van der Waals surface area contributed by atoms with Gasteiger partial charge in [0.2, 0.25) is 0 Å². The average Bonchev–Trinajstić information content (AvgIpc) is 2.45. The van der Waals surface area contributed by atoms with E-state index in [1.165, 1.54) is 0 Å². The molecule has 19 heavy (non-hydrogen) atoms. The van der Waals surface area contributed by atoms with Crippen molar-refractivity contribution in [3.05, 3.63) is 53.9 Å². The number of nitrogens with two attached hydrogens (primary N) is 2. The van der Waals surface area contributed by atoms with E-state index in [4.69, 9.17) is 11.6 Å². The molecule has 2 rings (SSSR count). The quantitative estimate of drug-likeness (QED) is 0.258. The predicted molar refractivity (Wildman–Crippen MR) is 76.3 cm³/mol. The van der Waals surface area contributed by atoms with Crippen molar-refractivity contribution < 1.29 is 4.79 Å². The summed E-state index contributed by atoms with van der Waals surface area (Å²) in [5.41, 5.74) is 9.64. The Hall–Kier alpha value is -2.05. The molecule has 1 amide bonds. The van der Waals surface area contributed by atoms with Crippen LogP contribution in [0.25, 0.3) is 0 Å². The van der Waals surface area contributed by atoms with Gasteiger partial charge in [-0.05, 0) is 30.3 Å². The lowest BCUT2D eigenvalue weighted by molar-refractivity contribution is 0.0948. The molecule has 0 spiro atoms. The van der Waals surface area contributed by atoms with E-state index in [2.05, 4.69) is 10.4 Å². The van der Waals surface area contributed by atoms with Crippen LogP contribution in [0.3, 0.4) is 0 Å². The van der Waals surface area contributed by atoms with Gasteiger partial charge in [0.25, 0.3) is 5.91 Å². The van der Waals surface area contributed by atoms with Crippen molar-refractivity contribution in [3.8, 4) is 0 Å². The third kappa shape index (κ3) is 3.70. The number of carbonyl (C=O) groups is 1. The zero-order valence-corrected chi connectivity index (χ0v) is 11.0. The second-order valence-corrected chi connectivity index (χ2v) is 4.90. The zero-order valence-electron chi connectivity index (χ0n) is 10.2. The molecular formula is C13H14N4OS. The summed E-state index contributed by atoms with van der Waals surface area (Å²) in [6.45, 7) is 0. The fourth-order valence-corrected chi connectivity index (χ4v) is 2.39. The number of carbonyl (C=O) groups excluding carboxylic acids is 1. The van der Waals surface area contributed by atoms with Gasteiger partial charge in [-0.15, -0.1) is 11.8 Å². The van der Waals surface area contributed by atoms with Crippen molar-refractivity contribution in [2.24, 2.45) is 5.84 Å². The zero-order chi connectivity index (χ0) is 13.7. The highest BCUT2D eigenvalue weighted by atomic mass is 32.2. The Bertz CT molecular complexity index is 588. The van der Waals surface area contributed by atoms with Crippen LogP contribution in [-0.4, -0.2) is 10.9 Å². The van der Waals surface area contributed by atoms with Gasteiger partial charge in [-0.2, -0.15) is 0 Å². The van der Waals surface area contributed by atoms with Crippen LogP contribution in [0.4, 0.5) is 5.69 Å². The number of nitrogens with one attached hydrogen (secondary N) is 1. The number of anilines is 1. The van der Waals surface area contributed by atoms with Crippen LogP contribution >= 0.6 is 11.8 Å². The number of nitrogens with zero attached hydrogens (tertiary/aromatic N) is 1. The van der Waals surface area contributed by atoms with Crippen LogP contribution in [-0.2, 0) is 5.75 Å². The van der Waals surface area contributed by atoms with Crippen LogP contribution < -0.4 is 17.0 Å². The molecule has 98 valence electrons. The number of thioether (sulfide) groups is 1. The van der Waals surface area contributed by atoms with Gasteiger partial charge in [0, 0.05) is 16.3 Å². The normalized spacial score (nSPS) is 10.2. The minimum atomic E-state index is -0.393. The van der Waals surface area contributed by atoms with Gasteiger partial charge in [-0.3, -0.25) is 10.2 Å². The van der Waals surface area contributed by atoms with Gasteiger partial charge in [0.1, 0.15) is 5.69 Å². The Kier molecular flexibility index (Phi) is 4.38. The van der Waals surface area contributed by atoms with E-state index in [1.807, 2.05) is 30.3 Å². The van der Waals surface area contributed by atoms with E-state index in [0.29, 0.717) is 11.4 Å². The summed E-state index contributed by atoms with van der Waals surface area (Å²) < 4.78 is 0. The molecule has 0 unspecified atom stereocenters. The molecule has 6 heteroatoms. The lowest BCUT2D eigenvalue weighted by Gasteiger charge is -2.04. The Morgan fingerprint density at radius 1 is 1.26 bits per heavy atom. The Morgan fingerprint density at radius 2 is 2.05 bits per heavy atom. The molecule has 0 aliphatic rings. The van der Waals surface area contributed by atoms with Gasteiger partial charge < -0.3 is 5.73 Å². The van der Waals surface area contributed by atoms with Crippen molar-refractivity contribution in [2.75, 3.05) is 5.73 Å². The van der Waals surface area contributed by atoms with Gasteiger partial charge >= 0.3 is 0 Å². The van der Waals surface area contributed by atoms with Crippen LogP contribution in [0.2, 0.25) is 0 Å². The number of aromatic nitrogens is 1. The largest absolute Gasteiger partial charge is 0.399 e. The number of nitrogen functional groups attached to an aromatic ring is 2. The van der Waals surface area contributed by atoms with Crippen molar-refractivity contribution in [3.63, 3.8) is 0 Å². The molecule has 0 saturated heterocycles. The average molecular weight is 274 g/mol. The molecule has 0 fully saturated rings. The van der Waals surface area contributed by atoms with Crippen molar-refractivity contribution in [1.82, 2.24) is 10.4 Å². The monoisotopic (exact) mass is 274 g/mol. The fraction of sp³-hybridized carbons (Fsp3) is 0.0769. The summed E-state index contributed by atoms with van der Waals surface area (Å²) in [6, 6.07) is 12.9. The maximum atomic E-state index is 11.4. The number of hydrazine groups is 1. The summed E-state index contributed by atoms with van der Waals surface area (Å²) in [5.74, 6) is 5.35. The summed E-state index contributed by atoms with van der Waals surface area (Å²) in [4.78, 5) is 16.7. The Labute approximate surface area is 115 Å². The topological polar surface area (TPSA) is 94.0 Å². The number of hydrogen-bond donors (Lipinski definition) is 3. The van der Waals surface area contributed by atoms with Gasteiger partial charge in [-0.25, -0.2) is 10.8 Å². The highest BCUT2D eigenvalue weighted by molar-refractivity contribution is 7.98. The first kappa shape index (κ1) is 13.4. The molecule has 0 aliphatic carbocycles. The molecule has 0 radical (unpaired) electrons. The molecule has 2 aromatic rings. The summed E-state index contributed by atoms with van der Waals surface area (Å²) in [6.07, 6.45) is 0. The fourth-order valence-electron chi connectivity index (χ4n) is 1.52. The molecule has 1 aromatic heterocycles. The van der Waals surface area contributed by atoms with Crippen molar-refractivity contribution in [2.45, 2.75) is 10.6 Å². The van der Waals surface area contributed by atoms with Crippen molar-refractivity contribution in [1.29, 1.82) is 0 Å². The minimum absolute atomic E-state index is 0.313. The van der Waals surface area contributed by atoms with Crippen LogP contribution in [0.5, 0.6) is 0 Å². The maximum absolute atomic E-state index is 11.4. The standard InChI is InChI=1S/C13H14N4OS/c14-9-3-1-5-11(7-9)19-8-10-4-2-6-12(16-10)13(18)17-15/h1-7H,8,14-15H2,(H,17,18). The van der Waals surface area contributed by atoms with Crippen molar-refractivity contribution >= 4 is 23.4 Å². The molecule has 0 bridgehead atoms. The Morgan fingerprint density at radius 3 is 2.79 bits per heavy atom. The number of hydrogen-bond acceptors (Lipinski definition) is 5. The van der Waals surface area contributed by atoms with E-state index in [-0.39, 0.29) is 0 Å². The number of benzene rings is 1. The van der Waals surface area contributed by atoms with Crippen LogP contribution in [0.15, 0.2) is 47.4 Å². The summed E-state index contributed by atoms with van der Waals surface area (Å²) in [5, 5.41) is 0. The van der Waals surface area contributed by atoms with E-state index in [1.54, 1.807) is 23.9 Å². The maximum Gasteiger partial charge on any atom is 0.283 e. The Balaban J connectivity index is 2.05. The molecule has 5 nitrogen and oxygen atoms in total. The van der Waals surface area contributed by atoms with E-state index in [9.17, 15) is 4.79 Å². The number of amides is 1. The van der Waals surface area contributed by atoms with E-state index in [0.717, 1.165) is 16.3 Å². The SMILES string of the molecule is NNC(=O)c1cccc(CSc2cccc(N)c2)n1. The molecule has 1 heterocycles. The van der Waals surface area contributed by atoms with Crippen LogP contribution in [0, 0.1) is 0 Å². The number of rotatable bonds is 4. The molecule has 0 saturated carbocycles. The highest BCUT2D eigenvalue weighted by Gasteiger charge is 2.06. The van der Waals surface area contributed by atoms with Crippen LogP contribution in [0.1, 0.15) is 16.2 Å². The third-order valence-electron chi connectivity index (χ3n) is 2.42. The lowest BCUT2D eigenvalue weighted by atomic mass is 10.3. The summed E-state index contributed by atoms with van der Waals surface area (Å²) >= 11 is 1.61. The second kappa shape index (κ2) is 6.21.